The predicted molar refractivity (Wildman–Crippen MR) is 90.1 cm³/mol. The van der Waals surface area contributed by atoms with Crippen molar-refractivity contribution in [1.82, 2.24) is 14.8 Å². The zero-order valence-corrected chi connectivity index (χ0v) is 14.0. The van der Waals surface area contributed by atoms with Gasteiger partial charge in [-0.1, -0.05) is 23.9 Å². The van der Waals surface area contributed by atoms with Crippen molar-refractivity contribution in [2.75, 3.05) is 25.9 Å². The van der Waals surface area contributed by atoms with Crippen molar-refractivity contribution in [3.8, 4) is 0 Å². The second-order valence-electron chi connectivity index (χ2n) is 5.18. The van der Waals surface area contributed by atoms with Gasteiger partial charge in [0.15, 0.2) is 0 Å². The molecule has 1 aliphatic rings. The number of rotatable bonds is 5. The van der Waals surface area contributed by atoms with E-state index >= 15 is 0 Å². The van der Waals surface area contributed by atoms with Gasteiger partial charge in [-0.3, -0.25) is 9.59 Å². The highest BCUT2D eigenvalue weighted by molar-refractivity contribution is 8.13. The van der Waals surface area contributed by atoms with Crippen molar-refractivity contribution in [2.45, 2.75) is 13.0 Å². The number of thiazole rings is 1. The lowest BCUT2D eigenvalue weighted by molar-refractivity contribution is -0.130. The van der Waals surface area contributed by atoms with Crippen LogP contribution in [0.3, 0.4) is 0 Å². The molecule has 1 aromatic carbocycles. The fourth-order valence-corrected chi connectivity index (χ4v) is 4.20. The second kappa shape index (κ2) is 6.66. The van der Waals surface area contributed by atoms with Gasteiger partial charge in [-0.05, 0) is 12.1 Å². The summed E-state index contributed by atoms with van der Waals surface area (Å²) >= 11 is 2.94. The van der Waals surface area contributed by atoms with Crippen LogP contribution in [0, 0.1) is 0 Å². The van der Waals surface area contributed by atoms with Gasteiger partial charge in [-0.25, -0.2) is 4.98 Å². The molecule has 2 amide bonds. The minimum absolute atomic E-state index is 0.0453. The standard InChI is InChI=1S/C15H17N3O2S2/c1-17(14(19)6-7-18-8-9-21-15(18)20)10-13-16-11-4-2-3-5-12(11)22-13/h2-5H,6-10H2,1H3. The number of nitrogens with zero attached hydrogens (tertiary/aromatic N) is 3. The summed E-state index contributed by atoms with van der Waals surface area (Å²) in [7, 11) is 1.79. The Balaban J connectivity index is 1.55. The molecule has 7 heteroatoms. The molecule has 0 radical (unpaired) electrons. The average molecular weight is 335 g/mol. The molecule has 0 unspecified atom stereocenters. The summed E-state index contributed by atoms with van der Waals surface area (Å²) in [6, 6.07) is 7.97. The Hall–Kier alpha value is -1.60. The van der Waals surface area contributed by atoms with E-state index in [0.29, 0.717) is 19.5 Å². The van der Waals surface area contributed by atoms with E-state index in [1.54, 1.807) is 28.2 Å². The Bertz CT molecular complexity index is 668. The highest BCUT2D eigenvalue weighted by Crippen LogP contribution is 2.22. The normalized spacial score (nSPS) is 14.8. The molecule has 1 saturated heterocycles. The summed E-state index contributed by atoms with van der Waals surface area (Å²) in [5.74, 6) is 0.873. The first-order valence-corrected chi connectivity index (χ1v) is 8.94. The summed E-state index contributed by atoms with van der Waals surface area (Å²) in [6.45, 7) is 1.77. The highest BCUT2D eigenvalue weighted by Gasteiger charge is 2.22. The van der Waals surface area contributed by atoms with Gasteiger partial charge in [-0.2, -0.15) is 0 Å². The fourth-order valence-electron chi connectivity index (χ4n) is 2.33. The number of amides is 2. The summed E-state index contributed by atoms with van der Waals surface area (Å²) in [5, 5.41) is 1.02. The number of thioether (sulfide) groups is 1. The molecule has 2 aromatic rings. The quantitative estimate of drug-likeness (QED) is 0.843. The van der Waals surface area contributed by atoms with E-state index in [9.17, 15) is 9.59 Å². The average Bonchev–Trinajstić information content (AvgIpc) is 3.10. The number of hydrogen-bond donors (Lipinski definition) is 0. The Morgan fingerprint density at radius 3 is 2.95 bits per heavy atom. The van der Waals surface area contributed by atoms with E-state index < -0.39 is 0 Å². The zero-order valence-electron chi connectivity index (χ0n) is 12.3. The molecule has 116 valence electrons. The van der Waals surface area contributed by atoms with Crippen LogP contribution in [0.5, 0.6) is 0 Å². The van der Waals surface area contributed by atoms with E-state index in [0.717, 1.165) is 27.5 Å². The van der Waals surface area contributed by atoms with Gasteiger partial charge >= 0.3 is 0 Å². The topological polar surface area (TPSA) is 53.5 Å². The predicted octanol–water partition coefficient (Wildman–Crippen LogP) is 2.81. The summed E-state index contributed by atoms with van der Waals surface area (Å²) < 4.78 is 1.14. The van der Waals surface area contributed by atoms with Crippen molar-refractivity contribution in [2.24, 2.45) is 0 Å². The van der Waals surface area contributed by atoms with Crippen molar-refractivity contribution in [3.63, 3.8) is 0 Å². The maximum Gasteiger partial charge on any atom is 0.281 e. The molecule has 1 fully saturated rings. The number of para-hydroxylation sites is 1. The minimum atomic E-state index is 0.0453. The number of benzene rings is 1. The van der Waals surface area contributed by atoms with Gasteiger partial charge in [0.1, 0.15) is 5.01 Å². The lowest BCUT2D eigenvalue weighted by Crippen LogP contribution is -2.32. The molecule has 0 aliphatic carbocycles. The number of carbonyl (C=O) groups excluding carboxylic acids is 2. The van der Waals surface area contributed by atoms with Crippen LogP contribution in [0.2, 0.25) is 0 Å². The number of aromatic nitrogens is 1. The molecule has 0 spiro atoms. The molecular formula is C15H17N3O2S2. The smallest absolute Gasteiger partial charge is 0.281 e. The van der Waals surface area contributed by atoms with Gasteiger partial charge < -0.3 is 9.80 Å². The third-order valence-electron chi connectivity index (χ3n) is 3.58. The van der Waals surface area contributed by atoms with Crippen molar-refractivity contribution in [3.05, 3.63) is 29.3 Å². The maximum absolute atomic E-state index is 12.2. The van der Waals surface area contributed by atoms with Gasteiger partial charge in [0.05, 0.1) is 16.8 Å². The summed E-state index contributed by atoms with van der Waals surface area (Å²) in [6.07, 6.45) is 0.369. The number of carbonyl (C=O) groups is 2. The van der Waals surface area contributed by atoms with Crippen molar-refractivity contribution in [1.29, 1.82) is 0 Å². The molecule has 0 saturated carbocycles. The lowest BCUT2D eigenvalue weighted by Gasteiger charge is -2.18. The molecule has 0 bridgehead atoms. The van der Waals surface area contributed by atoms with E-state index in [4.69, 9.17) is 0 Å². The first-order valence-electron chi connectivity index (χ1n) is 7.13. The summed E-state index contributed by atoms with van der Waals surface area (Å²) in [5.41, 5.74) is 0.975. The molecule has 3 rings (SSSR count). The fraction of sp³-hybridized carbons (Fsp3) is 0.400. The molecule has 5 nitrogen and oxygen atoms in total. The van der Waals surface area contributed by atoms with Crippen LogP contribution in [-0.2, 0) is 11.3 Å². The molecule has 0 N–H and O–H groups in total. The Morgan fingerprint density at radius 2 is 2.23 bits per heavy atom. The summed E-state index contributed by atoms with van der Waals surface area (Å²) in [4.78, 5) is 31.7. The van der Waals surface area contributed by atoms with Crippen LogP contribution < -0.4 is 0 Å². The Kier molecular flexibility index (Phi) is 4.63. The van der Waals surface area contributed by atoms with Crippen LogP contribution >= 0.6 is 23.1 Å². The Morgan fingerprint density at radius 1 is 1.41 bits per heavy atom. The SMILES string of the molecule is CN(Cc1nc2ccccc2s1)C(=O)CCN1CCSC1=O. The van der Waals surface area contributed by atoms with Gasteiger partial charge in [-0.15, -0.1) is 11.3 Å². The number of fused-ring (bicyclic) bond motifs is 1. The Labute approximate surface area is 137 Å². The van der Waals surface area contributed by atoms with Gasteiger partial charge in [0.25, 0.3) is 5.24 Å². The number of hydrogen-bond acceptors (Lipinski definition) is 5. The monoisotopic (exact) mass is 335 g/mol. The molecule has 1 aromatic heterocycles. The molecule has 2 heterocycles. The molecule has 1 aliphatic heterocycles. The third kappa shape index (κ3) is 3.41. The first-order chi connectivity index (χ1) is 10.6. The molecule has 0 atom stereocenters. The second-order valence-corrected chi connectivity index (χ2v) is 7.34. The van der Waals surface area contributed by atoms with Gasteiger partial charge in [0, 0.05) is 32.3 Å². The van der Waals surface area contributed by atoms with Crippen LogP contribution in [-0.4, -0.2) is 51.8 Å². The van der Waals surface area contributed by atoms with Crippen molar-refractivity contribution >= 4 is 44.5 Å². The molecule has 22 heavy (non-hydrogen) atoms. The minimum Gasteiger partial charge on any atom is -0.339 e. The molecular weight excluding hydrogens is 318 g/mol. The lowest BCUT2D eigenvalue weighted by atomic mass is 10.3. The van der Waals surface area contributed by atoms with Crippen LogP contribution in [0.25, 0.3) is 10.2 Å². The maximum atomic E-state index is 12.2. The van der Waals surface area contributed by atoms with Gasteiger partial charge in [0.2, 0.25) is 5.91 Å². The van der Waals surface area contributed by atoms with Crippen molar-refractivity contribution < 1.29 is 9.59 Å². The third-order valence-corrected chi connectivity index (χ3v) is 5.49. The van der Waals surface area contributed by atoms with Crippen LogP contribution in [0.4, 0.5) is 4.79 Å². The highest BCUT2D eigenvalue weighted by atomic mass is 32.2. The van der Waals surface area contributed by atoms with E-state index in [1.807, 2.05) is 24.3 Å². The van der Waals surface area contributed by atoms with Crippen LogP contribution in [0.1, 0.15) is 11.4 Å². The van der Waals surface area contributed by atoms with Crippen LogP contribution in [0.15, 0.2) is 24.3 Å². The van der Waals surface area contributed by atoms with E-state index in [1.165, 1.54) is 11.8 Å². The largest absolute Gasteiger partial charge is 0.339 e. The van der Waals surface area contributed by atoms with E-state index in [-0.39, 0.29) is 11.1 Å². The first kappa shape index (κ1) is 15.3. The zero-order chi connectivity index (χ0) is 15.5. The van der Waals surface area contributed by atoms with E-state index in [2.05, 4.69) is 4.98 Å².